The summed E-state index contributed by atoms with van der Waals surface area (Å²) in [5, 5.41) is 0. The Morgan fingerprint density at radius 2 is 1.53 bits per heavy atom. The first kappa shape index (κ1) is 16.7. The van der Waals surface area contributed by atoms with Gasteiger partial charge in [0.2, 0.25) is 0 Å². The molecule has 1 fully saturated rings. The molecular formula is C6H8F6N2O3S2. The van der Waals surface area contributed by atoms with Crippen molar-refractivity contribution in [1.29, 1.82) is 0 Å². The maximum Gasteiger partial charge on any atom is 0.519 e. The summed E-state index contributed by atoms with van der Waals surface area (Å²) in [5.41, 5.74) is -11.1. The zero-order chi connectivity index (χ0) is 14.9. The Labute approximate surface area is 106 Å². The molecule has 1 rings (SSSR count). The van der Waals surface area contributed by atoms with Gasteiger partial charge in [0.25, 0.3) is 0 Å². The van der Waals surface area contributed by atoms with Gasteiger partial charge in [-0.15, -0.1) is 3.77 Å². The first-order valence-corrected chi connectivity index (χ1v) is 7.21. The summed E-state index contributed by atoms with van der Waals surface area (Å²) < 4.78 is 103. The standard InChI is InChI=1S/C6H8F6N2O3S2/c7-5(8,9)18(14-1-3-17-4-2-14)13-19(15,16)6(10,11)12/h1-4H2. The van der Waals surface area contributed by atoms with Gasteiger partial charge in [-0.25, -0.2) is 4.31 Å². The Morgan fingerprint density at radius 3 is 1.89 bits per heavy atom. The number of ether oxygens (including phenoxy) is 1. The molecule has 19 heavy (non-hydrogen) atoms. The van der Waals surface area contributed by atoms with Crippen molar-refractivity contribution >= 4 is 20.9 Å². The lowest BCUT2D eigenvalue weighted by Gasteiger charge is -2.29. The van der Waals surface area contributed by atoms with Crippen LogP contribution in [0.25, 0.3) is 0 Å². The lowest BCUT2D eigenvalue weighted by Crippen LogP contribution is -2.43. The van der Waals surface area contributed by atoms with Gasteiger partial charge in [0, 0.05) is 13.1 Å². The molecular weight excluding hydrogens is 326 g/mol. The van der Waals surface area contributed by atoms with Gasteiger partial charge >= 0.3 is 21.0 Å². The van der Waals surface area contributed by atoms with Crippen LogP contribution in [-0.4, -0.2) is 50.0 Å². The highest BCUT2D eigenvalue weighted by Crippen LogP contribution is 2.31. The predicted molar refractivity (Wildman–Crippen MR) is 53.2 cm³/mol. The number of sulfonamides is 1. The van der Waals surface area contributed by atoms with Gasteiger partial charge in [-0.2, -0.15) is 34.8 Å². The minimum absolute atomic E-state index is 0.138. The Hall–Kier alpha value is -0.400. The van der Waals surface area contributed by atoms with Crippen LogP contribution in [0.3, 0.4) is 0 Å². The summed E-state index contributed by atoms with van der Waals surface area (Å²) in [6.45, 7) is -0.971. The smallest absolute Gasteiger partial charge is 0.379 e. The summed E-state index contributed by atoms with van der Waals surface area (Å²) in [6.07, 6.45) is 0. The van der Waals surface area contributed by atoms with Gasteiger partial charge in [-0.05, 0) is 0 Å². The van der Waals surface area contributed by atoms with Crippen LogP contribution in [0.15, 0.2) is 3.77 Å². The Bertz CT molecular complexity index is 451. The molecule has 1 atom stereocenters. The van der Waals surface area contributed by atoms with Crippen molar-refractivity contribution in [3.8, 4) is 0 Å². The predicted octanol–water partition coefficient (Wildman–Crippen LogP) is 1.40. The second kappa shape index (κ2) is 5.54. The minimum Gasteiger partial charge on any atom is -0.379 e. The van der Waals surface area contributed by atoms with Gasteiger partial charge in [-0.3, -0.25) is 0 Å². The number of rotatable bonds is 2. The summed E-state index contributed by atoms with van der Waals surface area (Å²) in [4.78, 5) is 0. The molecule has 0 aromatic heterocycles. The second-order valence-electron chi connectivity index (χ2n) is 3.25. The van der Waals surface area contributed by atoms with Gasteiger partial charge in [0.15, 0.2) is 0 Å². The molecule has 1 saturated heterocycles. The largest absolute Gasteiger partial charge is 0.519 e. The van der Waals surface area contributed by atoms with Crippen molar-refractivity contribution in [1.82, 2.24) is 4.31 Å². The minimum atomic E-state index is -6.19. The van der Waals surface area contributed by atoms with Gasteiger partial charge < -0.3 is 4.74 Å². The maximum absolute atomic E-state index is 12.6. The van der Waals surface area contributed by atoms with E-state index in [0.29, 0.717) is 4.31 Å². The van der Waals surface area contributed by atoms with Crippen LogP contribution in [-0.2, 0) is 25.6 Å². The van der Waals surface area contributed by atoms with Crippen LogP contribution in [0.2, 0.25) is 0 Å². The molecule has 1 aliphatic heterocycles. The lowest BCUT2D eigenvalue weighted by molar-refractivity contribution is -0.0446. The van der Waals surface area contributed by atoms with Crippen LogP contribution in [0.5, 0.6) is 0 Å². The third-order valence-corrected chi connectivity index (χ3v) is 5.09. The number of alkyl halides is 6. The fourth-order valence-electron chi connectivity index (χ4n) is 1.09. The number of hydrogen-bond acceptors (Lipinski definition) is 3. The van der Waals surface area contributed by atoms with E-state index in [0.717, 1.165) is 0 Å². The molecule has 114 valence electrons. The summed E-state index contributed by atoms with van der Waals surface area (Å²) in [6, 6.07) is 0. The number of hydrogen-bond donors (Lipinski definition) is 0. The maximum atomic E-state index is 12.6. The van der Waals surface area contributed by atoms with Crippen molar-refractivity contribution in [3.63, 3.8) is 0 Å². The molecule has 0 spiro atoms. The molecule has 0 aliphatic carbocycles. The summed E-state index contributed by atoms with van der Waals surface area (Å²) in [5.74, 6) is 0. The fraction of sp³-hybridized carbons (Fsp3) is 1.00. The monoisotopic (exact) mass is 334 g/mol. The SMILES string of the molecule is O=S(=O)(/N=S(/N1CCOCC1)C(F)(F)F)C(F)(F)F. The molecule has 0 N–H and O–H groups in total. The van der Waals surface area contributed by atoms with E-state index in [1.54, 1.807) is 0 Å². The van der Waals surface area contributed by atoms with Gasteiger partial charge in [-0.1, -0.05) is 0 Å². The van der Waals surface area contributed by atoms with Gasteiger partial charge in [0.1, 0.15) is 0 Å². The van der Waals surface area contributed by atoms with E-state index in [9.17, 15) is 34.8 Å². The zero-order valence-corrected chi connectivity index (χ0v) is 10.7. The average Bonchev–Trinajstić information content (AvgIpc) is 2.24. The molecule has 1 heterocycles. The molecule has 0 aromatic rings. The first-order valence-electron chi connectivity index (χ1n) is 4.63. The van der Waals surface area contributed by atoms with Crippen LogP contribution >= 0.6 is 0 Å². The third kappa shape index (κ3) is 4.29. The average molecular weight is 334 g/mol. The molecule has 5 nitrogen and oxygen atoms in total. The summed E-state index contributed by atoms with van der Waals surface area (Å²) in [7, 11) is -9.57. The van der Waals surface area contributed by atoms with Crippen molar-refractivity contribution in [2.45, 2.75) is 11.0 Å². The first-order chi connectivity index (χ1) is 8.45. The molecule has 0 saturated carbocycles. The van der Waals surface area contributed by atoms with E-state index in [-0.39, 0.29) is 26.3 Å². The van der Waals surface area contributed by atoms with Crippen LogP contribution in [0.4, 0.5) is 26.3 Å². The zero-order valence-electron chi connectivity index (χ0n) is 9.03. The Balaban J connectivity index is 3.18. The quantitative estimate of drug-likeness (QED) is 0.717. The summed E-state index contributed by atoms with van der Waals surface area (Å²) >= 11 is 0. The van der Waals surface area contributed by atoms with Crippen molar-refractivity contribution in [2.75, 3.05) is 26.3 Å². The fourth-order valence-corrected chi connectivity index (χ4v) is 3.68. The molecule has 0 aromatic carbocycles. The van der Waals surface area contributed by atoms with Crippen LogP contribution in [0.1, 0.15) is 0 Å². The highest BCUT2D eigenvalue weighted by molar-refractivity contribution is 8.00. The Kier molecular flexibility index (Phi) is 4.85. The van der Waals surface area contributed by atoms with E-state index in [4.69, 9.17) is 4.74 Å². The molecule has 1 unspecified atom stereocenters. The second-order valence-corrected chi connectivity index (χ2v) is 6.76. The van der Waals surface area contributed by atoms with Crippen molar-refractivity contribution in [2.24, 2.45) is 3.77 Å². The van der Waals surface area contributed by atoms with Gasteiger partial charge in [0.05, 0.1) is 24.1 Å². The van der Waals surface area contributed by atoms with Crippen LogP contribution < -0.4 is 0 Å². The lowest BCUT2D eigenvalue weighted by atomic mass is 10.5. The number of nitrogens with zero attached hydrogens (tertiary/aromatic N) is 2. The van der Waals surface area contributed by atoms with E-state index >= 15 is 0 Å². The topological polar surface area (TPSA) is 59.0 Å². The molecule has 0 amide bonds. The van der Waals surface area contributed by atoms with Crippen LogP contribution in [0, 0.1) is 0 Å². The highest BCUT2D eigenvalue weighted by Gasteiger charge is 2.49. The molecule has 13 heteroatoms. The normalized spacial score (nSPS) is 21.6. The number of morpholine rings is 1. The number of halogens is 6. The molecule has 1 aliphatic rings. The van der Waals surface area contributed by atoms with E-state index < -0.39 is 31.9 Å². The Morgan fingerprint density at radius 1 is 1.05 bits per heavy atom. The third-order valence-electron chi connectivity index (χ3n) is 1.88. The molecule has 0 radical (unpaired) electrons. The van der Waals surface area contributed by atoms with E-state index in [1.807, 2.05) is 3.77 Å². The van der Waals surface area contributed by atoms with E-state index in [1.165, 1.54) is 0 Å². The molecule has 0 bridgehead atoms. The highest BCUT2D eigenvalue weighted by atomic mass is 32.3. The van der Waals surface area contributed by atoms with E-state index in [2.05, 4.69) is 0 Å². The van der Waals surface area contributed by atoms with Crippen molar-refractivity contribution in [3.05, 3.63) is 0 Å². The van der Waals surface area contributed by atoms with Crippen molar-refractivity contribution < 1.29 is 39.5 Å².